The van der Waals surface area contributed by atoms with Crippen molar-refractivity contribution in [3.63, 3.8) is 0 Å². The van der Waals surface area contributed by atoms with Crippen molar-refractivity contribution in [2.75, 3.05) is 12.4 Å². The number of nitrogens with zero attached hydrogens (tertiary/aromatic N) is 3. The van der Waals surface area contributed by atoms with Crippen molar-refractivity contribution >= 4 is 44.8 Å². The van der Waals surface area contributed by atoms with Crippen molar-refractivity contribution < 1.29 is 9.50 Å². The van der Waals surface area contributed by atoms with E-state index in [0.29, 0.717) is 28.0 Å². The third-order valence-electron chi connectivity index (χ3n) is 4.69. The molecule has 4 aromatic rings. The van der Waals surface area contributed by atoms with Crippen LogP contribution in [0.2, 0.25) is 0 Å². The Labute approximate surface area is 196 Å². The molecule has 0 aliphatic heterocycles. The molecule has 162 valence electrons. The van der Waals surface area contributed by atoms with Gasteiger partial charge in [0, 0.05) is 21.5 Å². The lowest BCUT2D eigenvalue weighted by Crippen LogP contribution is -2.20. The highest BCUT2D eigenvalue weighted by molar-refractivity contribution is 9.10. The summed E-state index contributed by atoms with van der Waals surface area (Å²) in [6.07, 6.45) is 1.51. The van der Waals surface area contributed by atoms with Crippen LogP contribution in [0.4, 0.5) is 4.39 Å². The minimum atomic E-state index is -0.340. The molecule has 0 unspecified atom stereocenters. The molecule has 1 N–H and O–H groups in total. The first kappa shape index (κ1) is 22.4. The SMILES string of the molecule is O=c1c2cc(Br)ccc2nc(-c2cccc(CSCCO)c2)n1N=Cc1ccc(F)cc1. The number of aliphatic hydroxyl groups excluding tert-OH is 1. The lowest BCUT2D eigenvalue weighted by molar-refractivity contribution is 0.322. The molecule has 5 nitrogen and oxygen atoms in total. The van der Waals surface area contributed by atoms with Gasteiger partial charge in [-0.25, -0.2) is 9.37 Å². The highest BCUT2D eigenvalue weighted by atomic mass is 79.9. The summed E-state index contributed by atoms with van der Waals surface area (Å²) in [4.78, 5) is 18.1. The van der Waals surface area contributed by atoms with Gasteiger partial charge in [0.15, 0.2) is 5.82 Å². The molecule has 3 aromatic carbocycles. The first-order valence-corrected chi connectivity index (χ1v) is 11.8. The first-order valence-electron chi connectivity index (χ1n) is 9.85. The smallest absolute Gasteiger partial charge is 0.282 e. The number of aromatic nitrogens is 2. The van der Waals surface area contributed by atoms with Crippen LogP contribution in [0.25, 0.3) is 22.3 Å². The fourth-order valence-corrected chi connectivity index (χ4v) is 4.22. The summed E-state index contributed by atoms with van der Waals surface area (Å²) in [5, 5.41) is 13.9. The van der Waals surface area contributed by atoms with E-state index in [-0.39, 0.29) is 18.0 Å². The normalized spacial score (nSPS) is 11.5. The van der Waals surface area contributed by atoms with E-state index in [0.717, 1.165) is 21.4 Å². The van der Waals surface area contributed by atoms with Crippen LogP contribution in [0.3, 0.4) is 0 Å². The van der Waals surface area contributed by atoms with Gasteiger partial charge in [-0.1, -0.05) is 46.3 Å². The minimum absolute atomic E-state index is 0.129. The van der Waals surface area contributed by atoms with Gasteiger partial charge in [0.2, 0.25) is 0 Å². The minimum Gasteiger partial charge on any atom is -0.396 e. The molecular formula is C24H19BrFN3O2S. The van der Waals surface area contributed by atoms with E-state index >= 15 is 0 Å². The zero-order valence-electron chi connectivity index (χ0n) is 16.9. The Morgan fingerprint density at radius 2 is 1.94 bits per heavy atom. The standard InChI is InChI=1S/C24H19BrFN3O2S/c25-19-6-9-22-21(13-19)24(31)29(27-14-16-4-7-20(26)8-5-16)23(28-22)18-3-1-2-17(12-18)15-32-11-10-30/h1-9,12-14,30H,10-11,15H2. The lowest BCUT2D eigenvalue weighted by atomic mass is 10.1. The van der Waals surface area contributed by atoms with Crippen LogP contribution in [-0.2, 0) is 5.75 Å². The van der Waals surface area contributed by atoms with Crippen LogP contribution in [-0.4, -0.2) is 33.3 Å². The third-order valence-corrected chi connectivity index (χ3v) is 6.19. The predicted octanol–water partition coefficient (Wildman–Crippen LogP) is 5.07. The molecule has 0 saturated carbocycles. The second-order valence-electron chi connectivity index (χ2n) is 6.99. The molecule has 4 rings (SSSR count). The quantitative estimate of drug-likeness (QED) is 0.277. The summed E-state index contributed by atoms with van der Waals surface area (Å²) in [6, 6.07) is 19.0. The van der Waals surface area contributed by atoms with E-state index in [4.69, 9.17) is 10.1 Å². The molecule has 0 bridgehead atoms. The van der Waals surface area contributed by atoms with Crippen LogP contribution in [0, 0.1) is 5.82 Å². The van der Waals surface area contributed by atoms with Gasteiger partial charge in [0.1, 0.15) is 5.82 Å². The Bertz CT molecular complexity index is 1340. The average Bonchev–Trinajstić information content (AvgIpc) is 2.80. The summed E-state index contributed by atoms with van der Waals surface area (Å²) in [5.74, 6) is 1.46. The van der Waals surface area contributed by atoms with Crippen LogP contribution in [0.15, 0.2) is 81.1 Å². The van der Waals surface area contributed by atoms with E-state index in [1.165, 1.54) is 23.0 Å². The van der Waals surface area contributed by atoms with Crippen molar-refractivity contribution in [2.24, 2.45) is 5.10 Å². The van der Waals surface area contributed by atoms with Crippen molar-refractivity contribution in [2.45, 2.75) is 5.75 Å². The number of fused-ring (bicyclic) bond motifs is 1. The molecule has 0 saturated heterocycles. The fourth-order valence-electron chi connectivity index (χ4n) is 3.17. The Balaban J connectivity index is 1.84. The van der Waals surface area contributed by atoms with Gasteiger partial charge >= 0.3 is 0 Å². The summed E-state index contributed by atoms with van der Waals surface area (Å²) < 4.78 is 15.3. The molecule has 0 amide bonds. The van der Waals surface area contributed by atoms with Crippen molar-refractivity contribution in [1.82, 2.24) is 9.66 Å². The molecule has 0 radical (unpaired) electrons. The summed E-state index contributed by atoms with van der Waals surface area (Å²) in [6.45, 7) is 0.129. The maximum absolute atomic E-state index is 13.3. The van der Waals surface area contributed by atoms with Gasteiger partial charge in [-0.15, -0.1) is 0 Å². The Hall–Kier alpha value is -2.81. The van der Waals surface area contributed by atoms with Gasteiger partial charge in [0.05, 0.1) is 23.7 Å². The van der Waals surface area contributed by atoms with Gasteiger partial charge in [-0.05, 0) is 47.5 Å². The second kappa shape index (κ2) is 10.2. The molecule has 0 spiro atoms. The average molecular weight is 512 g/mol. The predicted molar refractivity (Wildman–Crippen MR) is 132 cm³/mol. The fraction of sp³-hybridized carbons (Fsp3) is 0.125. The molecule has 8 heteroatoms. The van der Waals surface area contributed by atoms with Crippen LogP contribution >= 0.6 is 27.7 Å². The van der Waals surface area contributed by atoms with E-state index in [1.807, 2.05) is 30.3 Å². The summed E-state index contributed by atoms with van der Waals surface area (Å²) in [7, 11) is 0. The Morgan fingerprint density at radius 1 is 1.12 bits per heavy atom. The highest BCUT2D eigenvalue weighted by Crippen LogP contribution is 2.23. The lowest BCUT2D eigenvalue weighted by Gasteiger charge is -2.11. The van der Waals surface area contributed by atoms with Crippen molar-refractivity contribution in [3.05, 3.63) is 98.5 Å². The third kappa shape index (κ3) is 5.15. The monoisotopic (exact) mass is 511 g/mol. The largest absolute Gasteiger partial charge is 0.396 e. The molecule has 0 fully saturated rings. The maximum Gasteiger partial charge on any atom is 0.282 e. The van der Waals surface area contributed by atoms with Crippen LogP contribution in [0.1, 0.15) is 11.1 Å². The number of halogens is 2. The molecule has 0 aliphatic carbocycles. The number of aliphatic hydroxyl groups is 1. The Morgan fingerprint density at radius 3 is 2.72 bits per heavy atom. The number of thioether (sulfide) groups is 1. The van der Waals surface area contributed by atoms with E-state index in [9.17, 15) is 9.18 Å². The first-order chi connectivity index (χ1) is 15.5. The molecule has 1 heterocycles. The van der Waals surface area contributed by atoms with E-state index in [2.05, 4.69) is 21.0 Å². The molecule has 0 atom stereocenters. The van der Waals surface area contributed by atoms with Crippen LogP contribution in [0.5, 0.6) is 0 Å². The van der Waals surface area contributed by atoms with Gasteiger partial charge in [0.25, 0.3) is 5.56 Å². The van der Waals surface area contributed by atoms with E-state index < -0.39 is 0 Å². The Kier molecular flexibility index (Phi) is 7.14. The summed E-state index contributed by atoms with van der Waals surface area (Å²) in [5.41, 5.74) is 2.74. The van der Waals surface area contributed by atoms with Gasteiger partial charge in [-0.3, -0.25) is 4.79 Å². The zero-order chi connectivity index (χ0) is 22.5. The number of rotatable bonds is 7. The molecule has 32 heavy (non-hydrogen) atoms. The molecular weight excluding hydrogens is 493 g/mol. The maximum atomic E-state index is 13.3. The molecule has 0 aliphatic rings. The number of hydrogen-bond acceptors (Lipinski definition) is 5. The van der Waals surface area contributed by atoms with Crippen molar-refractivity contribution in [3.8, 4) is 11.4 Å². The van der Waals surface area contributed by atoms with Crippen LogP contribution < -0.4 is 5.56 Å². The van der Waals surface area contributed by atoms with E-state index in [1.54, 1.807) is 36.0 Å². The highest BCUT2D eigenvalue weighted by Gasteiger charge is 2.13. The number of hydrogen-bond donors (Lipinski definition) is 1. The van der Waals surface area contributed by atoms with Gasteiger partial charge in [-0.2, -0.15) is 21.5 Å². The number of benzene rings is 3. The molecule has 1 aromatic heterocycles. The summed E-state index contributed by atoms with van der Waals surface area (Å²) >= 11 is 5.03. The van der Waals surface area contributed by atoms with Gasteiger partial charge < -0.3 is 5.11 Å². The van der Waals surface area contributed by atoms with Crippen molar-refractivity contribution in [1.29, 1.82) is 0 Å². The zero-order valence-corrected chi connectivity index (χ0v) is 19.3. The second-order valence-corrected chi connectivity index (χ2v) is 9.01. The topological polar surface area (TPSA) is 67.5 Å².